The van der Waals surface area contributed by atoms with Crippen LogP contribution in [0.15, 0.2) is 0 Å². The number of hydrogen-bond acceptors (Lipinski definition) is 6. The third-order valence-corrected chi connectivity index (χ3v) is 4.83. The number of carboxylic acids is 5. The molecule has 0 rings (SSSR count). The van der Waals surface area contributed by atoms with Gasteiger partial charge in [-0.2, -0.15) is 0 Å². The van der Waals surface area contributed by atoms with Gasteiger partial charge in [0, 0.05) is 25.7 Å². The number of unbranched alkanes of at least 4 members (excludes halogenated alkanes) is 11. The van der Waals surface area contributed by atoms with Crippen LogP contribution in [0.4, 0.5) is 0 Å². The van der Waals surface area contributed by atoms with Gasteiger partial charge in [0.25, 0.3) is 0 Å². The van der Waals surface area contributed by atoms with Crippen molar-refractivity contribution in [3.63, 3.8) is 0 Å². The Morgan fingerprint density at radius 1 is 0.389 bits per heavy atom. The van der Waals surface area contributed by atoms with Crippen LogP contribution in [0.2, 0.25) is 0 Å². The zero-order chi connectivity index (χ0) is 28.2. The summed E-state index contributed by atoms with van der Waals surface area (Å²) in [7, 11) is 0. The first-order valence-electron chi connectivity index (χ1n) is 12.6. The van der Waals surface area contributed by atoms with E-state index < -0.39 is 48.5 Å². The fourth-order valence-electron chi connectivity index (χ4n) is 2.82. The highest BCUT2D eigenvalue weighted by molar-refractivity contribution is 6.32. The van der Waals surface area contributed by atoms with E-state index in [2.05, 4.69) is 6.92 Å². The van der Waals surface area contributed by atoms with Gasteiger partial charge < -0.3 is 25.5 Å². The van der Waals surface area contributed by atoms with E-state index in [1.165, 1.54) is 32.1 Å². The molecule has 0 spiro atoms. The van der Waals surface area contributed by atoms with Crippen LogP contribution in [0.3, 0.4) is 0 Å². The molecular weight excluding hydrogens is 476 g/mol. The third kappa shape index (κ3) is 41.3. The Hall–Kier alpha value is -2.98. The Labute approximate surface area is 212 Å². The molecule has 0 bridgehead atoms. The molecule has 0 aliphatic carbocycles. The van der Waals surface area contributed by atoms with Gasteiger partial charge >= 0.3 is 29.8 Å². The van der Waals surface area contributed by atoms with Gasteiger partial charge in [0.15, 0.2) is 0 Å². The molecule has 0 radical (unpaired) electrons. The normalized spacial score (nSPS) is 9.69. The molecule has 0 atom stereocenters. The zero-order valence-electron chi connectivity index (χ0n) is 21.4. The smallest absolute Gasteiger partial charge is 0.372 e. The van der Waals surface area contributed by atoms with Crippen LogP contribution in [-0.4, -0.2) is 61.2 Å². The van der Waals surface area contributed by atoms with E-state index in [4.69, 9.17) is 25.5 Å². The van der Waals surface area contributed by atoms with Crippen molar-refractivity contribution in [1.29, 1.82) is 0 Å². The lowest BCUT2D eigenvalue weighted by Crippen LogP contribution is -2.13. The fourth-order valence-corrected chi connectivity index (χ4v) is 2.82. The van der Waals surface area contributed by atoms with E-state index >= 15 is 0 Å². The predicted octanol–water partition coefficient (Wildman–Crippen LogP) is 4.99. The molecule has 0 unspecified atom stereocenters. The molecule has 36 heavy (non-hydrogen) atoms. The van der Waals surface area contributed by atoms with Gasteiger partial charge in [0.1, 0.15) is 0 Å². The largest absolute Gasteiger partial charge is 0.481 e. The van der Waals surface area contributed by atoms with E-state index in [9.17, 15) is 28.8 Å². The summed E-state index contributed by atoms with van der Waals surface area (Å²) >= 11 is 0. The molecule has 0 amide bonds. The highest BCUT2D eigenvalue weighted by atomic mass is 16.4. The van der Waals surface area contributed by atoms with Crippen LogP contribution in [0, 0.1) is 0 Å². The second kappa shape index (κ2) is 28.3. The Morgan fingerprint density at radius 2 is 0.667 bits per heavy atom. The molecule has 210 valence electrons. The summed E-state index contributed by atoms with van der Waals surface area (Å²) in [4.78, 5) is 60.2. The minimum absolute atomic E-state index is 0.245. The Kier molecular flexibility index (Phi) is 29.5. The second-order valence-electron chi connectivity index (χ2n) is 8.30. The molecule has 0 saturated heterocycles. The maximum absolute atomic E-state index is 10.2. The molecule has 0 aromatic heterocycles. The van der Waals surface area contributed by atoms with Gasteiger partial charge in [-0.05, 0) is 19.3 Å². The molecule has 0 aromatic carbocycles. The van der Waals surface area contributed by atoms with Gasteiger partial charge in [-0.15, -0.1) is 0 Å². The average Bonchev–Trinajstić information content (AvgIpc) is 2.78. The van der Waals surface area contributed by atoms with Gasteiger partial charge in [-0.3, -0.25) is 24.0 Å². The number of aliphatic carboxylic acids is 5. The van der Waals surface area contributed by atoms with Crippen LogP contribution in [0.1, 0.15) is 122 Å². The number of carbonyl (C=O) groups excluding carboxylic acids is 1. The van der Waals surface area contributed by atoms with E-state index in [-0.39, 0.29) is 12.8 Å². The molecule has 0 heterocycles. The van der Waals surface area contributed by atoms with E-state index in [0.717, 1.165) is 51.4 Å². The number of carbonyl (C=O) groups is 6. The topological polar surface area (TPSA) is 204 Å². The lowest BCUT2D eigenvalue weighted by molar-refractivity contribution is -0.150. The lowest BCUT2D eigenvalue weighted by atomic mass is 10.1. The molecule has 0 aromatic rings. The summed E-state index contributed by atoms with van der Waals surface area (Å²) < 4.78 is 0. The SMILES string of the molecule is CCCCCCCCCC(=O)O.O=C(O)CCC(=O)C(=O)O.O=C(O)CCCCCCCCC(=O)O. The molecular formula is C25H44O11. The first-order valence-corrected chi connectivity index (χ1v) is 12.6. The van der Waals surface area contributed by atoms with Gasteiger partial charge in [0.2, 0.25) is 5.78 Å². The van der Waals surface area contributed by atoms with E-state index in [1.807, 2.05) is 0 Å². The first kappa shape index (κ1) is 37.6. The molecule has 0 aliphatic heterocycles. The van der Waals surface area contributed by atoms with E-state index in [0.29, 0.717) is 6.42 Å². The summed E-state index contributed by atoms with van der Waals surface area (Å²) in [5, 5.41) is 41.0. The highest BCUT2D eigenvalue weighted by Crippen LogP contribution is 2.09. The quantitative estimate of drug-likeness (QED) is 0.101. The Morgan fingerprint density at radius 3 is 0.917 bits per heavy atom. The van der Waals surface area contributed by atoms with Crippen LogP contribution in [0.5, 0.6) is 0 Å². The van der Waals surface area contributed by atoms with Crippen LogP contribution in [0.25, 0.3) is 0 Å². The van der Waals surface area contributed by atoms with Crippen molar-refractivity contribution in [2.24, 2.45) is 0 Å². The van der Waals surface area contributed by atoms with Crippen molar-refractivity contribution in [2.45, 2.75) is 122 Å². The average molecular weight is 521 g/mol. The molecule has 0 fully saturated rings. The van der Waals surface area contributed by atoms with Crippen molar-refractivity contribution in [1.82, 2.24) is 0 Å². The maximum Gasteiger partial charge on any atom is 0.372 e. The minimum Gasteiger partial charge on any atom is -0.481 e. The number of ketones is 1. The number of Topliss-reactive ketones (excluding diaryl/α,β-unsaturated/α-hetero) is 1. The van der Waals surface area contributed by atoms with Crippen molar-refractivity contribution >= 4 is 35.6 Å². The monoisotopic (exact) mass is 520 g/mol. The van der Waals surface area contributed by atoms with Crippen molar-refractivity contribution in [3.8, 4) is 0 Å². The molecule has 11 heteroatoms. The Bertz CT molecular complexity index is 609. The number of carboxylic acid groups (broad SMARTS) is 5. The highest BCUT2D eigenvalue weighted by Gasteiger charge is 2.12. The zero-order valence-corrected chi connectivity index (χ0v) is 21.4. The summed E-state index contributed by atoms with van der Waals surface area (Å²) in [6.07, 6.45) is 13.6. The molecule has 0 aliphatic rings. The molecule has 0 saturated carbocycles. The maximum atomic E-state index is 10.2. The van der Waals surface area contributed by atoms with Crippen LogP contribution >= 0.6 is 0 Å². The number of hydrogen-bond donors (Lipinski definition) is 5. The molecule has 11 nitrogen and oxygen atoms in total. The summed E-state index contributed by atoms with van der Waals surface area (Å²) in [6.45, 7) is 2.20. The van der Waals surface area contributed by atoms with Crippen molar-refractivity contribution in [3.05, 3.63) is 0 Å². The third-order valence-electron chi connectivity index (χ3n) is 4.83. The van der Waals surface area contributed by atoms with E-state index in [1.54, 1.807) is 0 Å². The van der Waals surface area contributed by atoms with Gasteiger partial charge in [0.05, 0.1) is 6.42 Å². The predicted molar refractivity (Wildman–Crippen MR) is 132 cm³/mol. The number of rotatable bonds is 21. The van der Waals surface area contributed by atoms with Crippen LogP contribution < -0.4 is 0 Å². The lowest BCUT2D eigenvalue weighted by Gasteiger charge is -1.98. The Balaban J connectivity index is -0.000000460. The van der Waals surface area contributed by atoms with Crippen molar-refractivity contribution in [2.75, 3.05) is 0 Å². The van der Waals surface area contributed by atoms with Gasteiger partial charge in [-0.25, -0.2) is 4.79 Å². The summed E-state index contributed by atoms with van der Waals surface area (Å²) in [5.74, 6) is -5.96. The minimum atomic E-state index is -1.58. The fraction of sp³-hybridized carbons (Fsp3) is 0.760. The standard InChI is InChI=1S/C10H18O4.C10H20O2.C5H6O5/c11-9(12)7-5-3-1-2-4-6-8-10(13)14;1-2-3-4-5-6-7-8-9-10(11)12;6-3(5(9)10)1-2-4(7)8/h1-8H2,(H,11,12)(H,13,14);2-9H2,1H3,(H,11,12);1-2H2,(H,7,8)(H,9,10). The van der Waals surface area contributed by atoms with Gasteiger partial charge in [-0.1, -0.05) is 71.1 Å². The van der Waals surface area contributed by atoms with Crippen molar-refractivity contribution < 1.29 is 54.3 Å². The summed E-state index contributed by atoms with van der Waals surface area (Å²) in [5.41, 5.74) is 0. The first-order chi connectivity index (χ1) is 16.9. The second-order valence-corrected chi connectivity index (χ2v) is 8.30. The molecule has 5 N–H and O–H groups in total. The summed E-state index contributed by atoms with van der Waals surface area (Å²) in [6, 6.07) is 0. The van der Waals surface area contributed by atoms with Crippen LogP contribution in [-0.2, 0) is 28.8 Å².